The predicted molar refractivity (Wildman–Crippen MR) is 671 cm³/mol. The van der Waals surface area contributed by atoms with E-state index in [9.17, 15) is 0 Å². The van der Waals surface area contributed by atoms with Gasteiger partial charge in [-0.1, -0.05) is 513 Å². The molecule has 0 bridgehead atoms. The van der Waals surface area contributed by atoms with Crippen LogP contribution in [0.3, 0.4) is 0 Å². The molecular formula is C126H286N4O3S3. The van der Waals surface area contributed by atoms with Crippen molar-refractivity contribution in [1.82, 2.24) is 20.9 Å². The molecule has 0 spiro atoms. The zero-order valence-electron chi connectivity index (χ0n) is 96.3. The molecule has 3 fully saturated rings. The molecule has 3 saturated heterocycles. The van der Waals surface area contributed by atoms with Gasteiger partial charge in [0, 0.05) is 60.0 Å². The largest absolute Gasteiger partial charge is 0.381 e. The fraction of sp³-hybridized carbons (Fsp3) is 0.873. The minimum Gasteiger partial charge on any atom is -0.381 e. The van der Waals surface area contributed by atoms with E-state index in [0.717, 1.165) is 99.9 Å². The van der Waals surface area contributed by atoms with Crippen LogP contribution in [-0.4, -0.2) is 115 Å². The summed E-state index contributed by atoms with van der Waals surface area (Å²) in [6.07, 6.45) is 57.8. The van der Waals surface area contributed by atoms with Gasteiger partial charge in [-0.25, -0.2) is 0 Å². The van der Waals surface area contributed by atoms with Gasteiger partial charge in [-0.05, 0) is 227 Å². The summed E-state index contributed by atoms with van der Waals surface area (Å²) in [5.74, 6) is 8.03. The second-order valence-corrected chi connectivity index (χ2v) is 44.1. The molecule has 0 aliphatic carbocycles. The highest BCUT2D eigenvalue weighted by atomic mass is 32.2. The molecule has 9 aliphatic rings. The zero-order chi connectivity index (χ0) is 101. The maximum absolute atomic E-state index is 5.57. The number of ether oxygens (including phenoxy) is 3. The molecule has 10 rings (SSSR count). The lowest BCUT2D eigenvalue weighted by atomic mass is 9.86. The molecule has 0 amide bonds. The van der Waals surface area contributed by atoms with Crippen LogP contribution < -0.4 is 16.0 Å². The van der Waals surface area contributed by atoms with Crippen LogP contribution in [0, 0.1) is 55.7 Å². The Bertz CT molecular complexity index is 2010. The van der Waals surface area contributed by atoms with Crippen LogP contribution in [0.5, 0.6) is 0 Å². The smallest absolute Gasteiger partial charge is 0.0760 e. The van der Waals surface area contributed by atoms with Crippen LogP contribution >= 0.6 is 35.3 Å². The zero-order valence-corrected chi connectivity index (χ0v) is 98.8. The maximum Gasteiger partial charge on any atom is 0.0760 e. The first-order chi connectivity index (χ1) is 59.4. The molecule has 0 aromatic carbocycles. The van der Waals surface area contributed by atoms with Crippen molar-refractivity contribution < 1.29 is 14.2 Å². The lowest BCUT2D eigenvalue weighted by molar-refractivity contribution is 0.0379. The van der Waals surface area contributed by atoms with Crippen molar-refractivity contribution in [3.63, 3.8) is 0 Å². The van der Waals surface area contributed by atoms with Crippen LogP contribution in [0.25, 0.3) is 0 Å². The Morgan fingerprint density at radius 3 is 1.04 bits per heavy atom. The predicted octanol–water partition coefficient (Wildman–Crippen LogP) is 45.2. The molecule has 136 heavy (non-hydrogen) atoms. The summed E-state index contributed by atoms with van der Waals surface area (Å²) in [5, 5.41) is 11.9. The van der Waals surface area contributed by atoms with Crippen LogP contribution in [0.1, 0.15) is 561 Å². The van der Waals surface area contributed by atoms with Crippen LogP contribution in [0.15, 0.2) is 91.2 Å². The Morgan fingerprint density at radius 1 is 0.360 bits per heavy atom. The monoisotopic (exact) mass is 2000 g/mol. The number of thioether (sulfide) groups is 3. The van der Waals surface area contributed by atoms with E-state index in [2.05, 4.69) is 343 Å². The topological polar surface area (TPSA) is 79.6 Å². The molecule has 10 heterocycles. The third-order valence-corrected chi connectivity index (χ3v) is 21.2. The van der Waals surface area contributed by atoms with Crippen molar-refractivity contribution in [2.75, 3.05) is 75.6 Å². The lowest BCUT2D eigenvalue weighted by Crippen LogP contribution is -2.34. The number of H-pyrrole nitrogens is 1. The Balaban J connectivity index is -0.0000000478. The molecule has 9 aliphatic heterocycles. The molecule has 10 heteroatoms. The van der Waals surface area contributed by atoms with E-state index in [1.807, 2.05) is 151 Å². The first-order valence-corrected chi connectivity index (χ1v) is 56.5. The summed E-state index contributed by atoms with van der Waals surface area (Å²) in [6, 6.07) is 5.50. The van der Waals surface area contributed by atoms with Crippen molar-refractivity contribution in [2.45, 2.75) is 597 Å². The molecule has 7 nitrogen and oxygen atoms in total. The van der Waals surface area contributed by atoms with Crippen LogP contribution in [-0.2, 0) is 20.6 Å². The highest BCUT2D eigenvalue weighted by molar-refractivity contribution is 8.00. The van der Waals surface area contributed by atoms with Crippen molar-refractivity contribution in [3.05, 3.63) is 96.9 Å². The molecule has 846 valence electrons. The summed E-state index contributed by atoms with van der Waals surface area (Å²) < 4.78 is 16.1. The van der Waals surface area contributed by atoms with Crippen molar-refractivity contribution in [2.24, 2.45) is 55.7 Å². The second-order valence-electron chi connectivity index (χ2n) is 40.2. The Kier molecular flexibility index (Phi) is 198. The third-order valence-electron chi connectivity index (χ3n) is 17.6. The SMILES string of the molecule is C.C.C.C.C.C.C.C.C.C.C1CCNC1.C1CCOC1.C1CCSC1.CC.CC.CC.CC.CC.CC.CC.CC.CC.CC.CC(C)(C)CC1C=CCCN1.CC(C)(C)CC1C=CCCO1.CC(C)(C)CC1C=CCCS1.CC(C)(C)CC1CC=CCN1.CC(C)(C)CC1CC=CCO1.CC(C)(C)CC1CC=CCS1.CC(C)(C)Cc1ccc[nH]1.CCC(C)C.CCC(C)C.CCC(C)C. The first kappa shape index (κ1) is 193. The Labute approximate surface area is 889 Å². The molecule has 6 unspecified atom stereocenters. The quantitative estimate of drug-likeness (QED) is 0.171. The lowest BCUT2D eigenvalue weighted by Gasteiger charge is -2.27. The van der Waals surface area contributed by atoms with E-state index < -0.39 is 0 Å². The number of aromatic amines is 1. The van der Waals surface area contributed by atoms with Gasteiger partial charge in [-0.2, -0.15) is 35.3 Å². The number of hydrogen-bond donors (Lipinski definition) is 4. The van der Waals surface area contributed by atoms with E-state index in [4.69, 9.17) is 14.2 Å². The van der Waals surface area contributed by atoms with Gasteiger partial charge < -0.3 is 35.1 Å². The van der Waals surface area contributed by atoms with Crippen LogP contribution in [0.2, 0.25) is 0 Å². The van der Waals surface area contributed by atoms with Crippen LogP contribution in [0.4, 0.5) is 0 Å². The fourth-order valence-electron chi connectivity index (χ4n) is 11.2. The summed E-state index contributed by atoms with van der Waals surface area (Å²) in [6.45, 7) is 116. The van der Waals surface area contributed by atoms with Gasteiger partial charge in [-0.15, -0.1) is 0 Å². The van der Waals surface area contributed by atoms with E-state index in [0.29, 0.717) is 62.2 Å². The van der Waals surface area contributed by atoms with Crippen molar-refractivity contribution in [1.29, 1.82) is 0 Å². The van der Waals surface area contributed by atoms with Gasteiger partial charge in [0.25, 0.3) is 0 Å². The van der Waals surface area contributed by atoms with E-state index in [1.165, 1.54) is 151 Å². The van der Waals surface area contributed by atoms with Gasteiger partial charge in [0.15, 0.2) is 0 Å². The van der Waals surface area contributed by atoms with Gasteiger partial charge in [0.2, 0.25) is 0 Å². The number of allylic oxidation sites excluding steroid dienone is 2. The Hall–Kier alpha value is -1.47. The molecule has 0 radical (unpaired) electrons. The first-order valence-electron chi connectivity index (χ1n) is 53.2. The molecule has 4 N–H and O–H groups in total. The van der Waals surface area contributed by atoms with Crippen molar-refractivity contribution in [3.8, 4) is 0 Å². The average molecular weight is 2000 g/mol. The van der Waals surface area contributed by atoms with Gasteiger partial charge in [-0.3, -0.25) is 0 Å². The van der Waals surface area contributed by atoms with E-state index in [-0.39, 0.29) is 74.3 Å². The maximum atomic E-state index is 5.57. The molecule has 1 aromatic heterocycles. The van der Waals surface area contributed by atoms with Crippen molar-refractivity contribution >= 4 is 35.3 Å². The highest BCUT2D eigenvalue weighted by Gasteiger charge is 2.23. The fourth-order valence-corrected chi connectivity index (χ4v) is 15.0. The van der Waals surface area contributed by atoms with Gasteiger partial charge >= 0.3 is 0 Å². The summed E-state index contributed by atoms with van der Waals surface area (Å²) in [7, 11) is 0. The van der Waals surface area contributed by atoms with Gasteiger partial charge in [0.05, 0.1) is 25.4 Å². The minimum absolute atomic E-state index is 0. The standard InChI is InChI=1S/2C10H19N.2C10H18O.2C10H18S.C9H15N.3C5H12.C4H9N.C4H8O.C4H8S.10C2H6.10CH4/c6*1-10(2,3)8-9-6-4-5-7-11-9;1-9(2,3)7-8-5-4-6-10-8;3*1-4-5(2)3;3*1-2-4-5-3-1;10*1-2;;;;;;;;;;/h4,6,9,11H,5,7-8H2,1-3H3;4-5,9,11H,6-8H2,1-3H3;4,6,9H,5,7-8H2,1-3H3;4-5,9H,6-8H2,1-3H3;4,6,9H,5,7-8H2,1-3H3;4-5,9H,6-8H2,1-3H3;4-6,10H,7H2,1-3H3;3*5H,4H2,1-3H3;5H,1-4H2;2*1-4H2;10*1-2H3;10*1H4. The van der Waals surface area contributed by atoms with E-state index in [1.54, 1.807) is 0 Å². The highest BCUT2D eigenvalue weighted by Crippen LogP contribution is 2.34. The number of rotatable bonds is 10. The summed E-state index contributed by atoms with van der Waals surface area (Å²) >= 11 is 6.28. The molecule has 0 saturated carbocycles. The van der Waals surface area contributed by atoms with E-state index >= 15 is 0 Å². The molecule has 1 aromatic rings. The molecule has 6 atom stereocenters. The number of aromatic nitrogens is 1. The summed E-state index contributed by atoms with van der Waals surface area (Å²) in [5.41, 5.74) is 4.39. The minimum atomic E-state index is 0. The average Bonchev–Trinajstić information content (AvgIpc) is 1.32. The summed E-state index contributed by atoms with van der Waals surface area (Å²) in [4.78, 5) is 3.19. The third kappa shape index (κ3) is 191. The number of hydrogen-bond acceptors (Lipinski definition) is 9. The van der Waals surface area contributed by atoms with Gasteiger partial charge in [0.1, 0.15) is 0 Å². The second kappa shape index (κ2) is 140. The normalized spacial score (nSPS) is 17.4. The number of nitrogens with one attached hydrogen (secondary N) is 4. The Morgan fingerprint density at radius 2 is 0.772 bits per heavy atom. The molecular weight excluding hydrogens is 1710 g/mol.